The predicted molar refractivity (Wildman–Crippen MR) is 109 cm³/mol. The summed E-state index contributed by atoms with van der Waals surface area (Å²) in [5, 5.41) is 10.4. The second-order valence-corrected chi connectivity index (χ2v) is 7.10. The smallest absolute Gasteiger partial charge is 0.409 e. The van der Waals surface area contributed by atoms with Crippen molar-refractivity contribution in [1.82, 2.24) is 14.8 Å². The van der Waals surface area contributed by atoms with E-state index in [1.807, 2.05) is 6.07 Å². The number of nitrogens with zero attached hydrogens (tertiary/aromatic N) is 3. The molecule has 1 N–H and O–H groups in total. The SMILES string of the molecule is CCOC(=O)N1CCN(Cc2c(O)ccc3c2O/C(=C/c2ccccn2)C3=O)CC1. The van der Waals surface area contributed by atoms with E-state index in [-0.39, 0.29) is 23.4 Å². The molecule has 1 amide bonds. The van der Waals surface area contributed by atoms with Crippen molar-refractivity contribution in [1.29, 1.82) is 0 Å². The van der Waals surface area contributed by atoms with Crippen LogP contribution in [-0.2, 0) is 11.3 Å². The van der Waals surface area contributed by atoms with E-state index in [0.29, 0.717) is 61.9 Å². The minimum atomic E-state index is -0.307. The van der Waals surface area contributed by atoms with E-state index in [1.54, 1.807) is 42.3 Å². The Labute approximate surface area is 174 Å². The zero-order chi connectivity index (χ0) is 21.1. The summed E-state index contributed by atoms with van der Waals surface area (Å²) in [6.07, 6.45) is 2.94. The molecule has 0 bridgehead atoms. The molecule has 4 rings (SSSR count). The molecule has 1 aromatic heterocycles. The van der Waals surface area contributed by atoms with Crippen molar-refractivity contribution in [2.45, 2.75) is 13.5 Å². The number of amides is 1. The van der Waals surface area contributed by atoms with Crippen LogP contribution < -0.4 is 4.74 Å². The van der Waals surface area contributed by atoms with Crippen LogP contribution >= 0.6 is 0 Å². The van der Waals surface area contributed by atoms with Gasteiger partial charge >= 0.3 is 6.09 Å². The lowest BCUT2D eigenvalue weighted by atomic mass is 10.0. The number of piperazine rings is 1. The summed E-state index contributed by atoms with van der Waals surface area (Å²) in [5.74, 6) is 0.412. The zero-order valence-corrected chi connectivity index (χ0v) is 16.7. The molecule has 8 nitrogen and oxygen atoms in total. The molecule has 1 fully saturated rings. The van der Waals surface area contributed by atoms with Crippen molar-refractivity contribution >= 4 is 18.0 Å². The van der Waals surface area contributed by atoms with E-state index in [0.717, 1.165) is 0 Å². The van der Waals surface area contributed by atoms with Gasteiger partial charge in [-0.2, -0.15) is 0 Å². The van der Waals surface area contributed by atoms with Gasteiger partial charge in [-0.3, -0.25) is 14.7 Å². The van der Waals surface area contributed by atoms with E-state index in [9.17, 15) is 14.7 Å². The Morgan fingerprint density at radius 2 is 2.03 bits per heavy atom. The Hall–Kier alpha value is -3.39. The molecule has 0 saturated carbocycles. The number of hydrogen-bond acceptors (Lipinski definition) is 7. The normalized spacial score (nSPS) is 17.7. The van der Waals surface area contributed by atoms with Crippen LogP contribution in [-0.4, -0.2) is 64.6 Å². The topological polar surface area (TPSA) is 92.2 Å². The maximum atomic E-state index is 12.8. The molecular weight excluding hydrogens is 386 g/mol. The summed E-state index contributed by atoms with van der Waals surface area (Å²) in [6, 6.07) is 8.52. The number of hydrogen-bond donors (Lipinski definition) is 1. The molecule has 1 aromatic carbocycles. The van der Waals surface area contributed by atoms with Crippen LogP contribution in [0.5, 0.6) is 11.5 Å². The van der Waals surface area contributed by atoms with E-state index in [2.05, 4.69) is 9.88 Å². The van der Waals surface area contributed by atoms with Gasteiger partial charge in [0.2, 0.25) is 5.78 Å². The highest BCUT2D eigenvalue weighted by molar-refractivity contribution is 6.14. The molecule has 1 saturated heterocycles. The number of carbonyl (C=O) groups excluding carboxylic acids is 2. The summed E-state index contributed by atoms with van der Waals surface area (Å²) in [4.78, 5) is 32.6. The molecule has 2 aromatic rings. The second kappa shape index (κ2) is 8.54. The summed E-state index contributed by atoms with van der Waals surface area (Å²) in [6.45, 7) is 4.89. The van der Waals surface area contributed by atoms with Gasteiger partial charge in [0, 0.05) is 45.0 Å². The molecular formula is C22H23N3O5. The minimum absolute atomic E-state index is 0.0773. The molecule has 0 atom stereocenters. The molecule has 8 heteroatoms. The third-order valence-corrected chi connectivity index (χ3v) is 5.16. The lowest BCUT2D eigenvalue weighted by molar-refractivity contribution is 0.0774. The maximum Gasteiger partial charge on any atom is 0.409 e. The van der Waals surface area contributed by atoms with Crippen molar-refractivity contribution in [3.8, 4) is 11.5 Å². The number of carbonyl (C=O) groups is 2. The predicted octanol–water partition coefficient (Wildman–Crippen LogP) is 2.68. The number of benzene rings is 1. The first-order chi connectivity index (χ1) is 14.6. The Morgan fingerprint density at radius 3 is 2.73 bits per heavy atom. The molecule has 30 heavy (non-hydrogen) atoms. The van der Waals surface area contributed by atoms with Crippen molar-refractivity contribution in [2.24, 2.45) is 0 Å². The van der Waals surface area contributed by atoms with Gasteiger partial charge in [0.1, 0.15) is 11.5 Å². The summed E-state index contributed by atoms with van der Waals surface area (Å²) >= 11 is 0. The molecule has 0 aliphatic carbocycles. The number of phenols is 1. The number of phenolic OH excluding ortho intramolecular Hbond substituents is 1. The summed E-state index contributed by atoms with van der Waals surface area (Å²) in [7, 11) is 0. The highest BCUT2D eigenvalue weighted by atomic mass is 16.6. The number of aromatic nitrogens is 1. The Balaban J connectivity index is 1.50. The van der Waals surface area contributed by atoms with Crippen LogP contribution in [0.3, 0.4) is 0 Å². The number of ether oxygens (including phenoxy) is 2. The Kier molecular flexibility index (Phi) is 5.67. The third-order valence-electron chi connectivity index (χ3n) is 5.16. The lowest BCUT2D eigenvalue weighted by Crippen LogP contribution is -2.48. The van der Waals surface area contributed by atoms with Crippen LogP contribution in [0.25, 0.3) is 6.08 Å². The zero-order valence-electron chi connectivity index (χ0n) is 16.7. The molecule has 0 unspecified atom stereocenters. The van der Waals surface area contributed by atoms with Crippen LogP contribution in [0.1, 0.15) is 28.5 Å². The number of Topliss-reactive ketones (excluding diaryl/α,β-unsaturated/α-hetero) is 1. The van der Waals surface area contributed by atoms with Crippen molar-refractivity contribution in [2.75, 3.05) is 32.8 Å². The van der Waals surface area contributed by atoms with Crippen LogP contribution in [0, 0.1) is 0 Å². The lowest BCUT2D eigenvalue weighted by Gasteiger charge is -2.34. The van der Waals surface area contributed by atoms with Gasteiger partial charge in [0.05, 0.1) is 23.4 Å². The monoisotopic (exact) mass is 409 g/mol. The number of ketones is 1. The van der Waals surface area contributed by atoms with Gasteiger partial charge in [-0.25, -0.2) is 4.79 Å². The van der Waals surface area contributed by atoms with Gasteiger partial charge < -0.3 is 19.5 Å². The highest BCUT2D eigenvalue weighted by Crippen LogP contribution is 2.40. The quantitative estimate of drug-likeness (QED) is 0.776. The molecule has 2 aliphatic heterocycles. The minimum Gasteiger partial charge on any atom is -0.507 e. The van der Waals surface area contributed by atoms with Crippen LogP contribution in [0.2, 0.25) is 0 Å². The van der Waals surface area contributed by atoms with Gasteiger partial charge in [-0.05, 0) is 31.2 Å². The first-order valence-electron chi connectivity index (χ1n) is 9.91. The summed E-state index contributed by atoms with van der Waals surface area (Å²) < 4.78 is 10.9. The molecule has 156 valence electrons. The van der Waals surface area contributed by atoms with Crippen LogP contribution in [0.4, 0.5) is 4.79 Å². The second-order valence-electron chi connectivity index (χ2n) is 7.10. The number of fused-ring (bicyclic) bond motifs is 1. The van der Waals surface area contributed by atoms with Gasteiger partial charge in [-0.15, -0.1) is 0 Å². The fourth-order valence-electron chi connectivity index (χ4n) is 3.57. The molecule has 0 spiro atoms. The number of rotatable bonds is 4. The fraction of sp³-hybridized carbons (Fsp3) is 0.318. The number of allylic oxidation sites excluding steroid dienone is 1. The van der Waals surface area contributed by atoms with E-state index in [4.69, 9.17) is 9.47 Å². The maximum absolute atomic E-state index is 12.8. The van der Waals surface area contributed by atoms with E-state index >= 15 is 0 Å². The number of aromatic hydroxyl groups is 1. The van der Waals surface area contributed by atoms with E-state index < -0.39 is 0 Å². The Bertz CT molecular complexity index is 982. The average molecular weight is 409 g/mol. The van der Waals surface area contributed by atoms with Crippen molar-refractivity contribution < 1.29 is 24.2 Å². The molecule has 0 radical (unpaired) electrons. The standard InChI is InChI=1S/C22H23N3O5/c1-2-29-22(28)25-11-9-24(10-12-25)14-17-18(26)7-6-16-20(27)19(30-21(16)17)13-15-5-3-4-8-23-15/h3-8,13,26H,2,9-12,14H2,1H3/b19-13+. The fourth-order valence-corrected chi connectivity index (χ4v) is 3.57. The first kappa shape index (κ1) is 19.9. The molecule has 2 aliphatic rings. The van der Waals surface area contributed by atoms with Crippen molar-refractivity contribution in [3.05, 3.63) is 59.1 Å². The highest BCUT2D eigenvalue weighted by Gasteiger charge is 2.32. The largest absolute Gasteiger partial charge is 0.507 e. The van der Waals surface area contributed by atoms with Gasteiger partial charge in [-0.1, -0.05) is 6.07 Å². The van der Waals surface area contributed by atoms with Gasteiger partial charge in [0.25, 0.3) is 0 Å². The Morgan fingerprint density at radius 1 is 1.23 bits per heavy atom. The number of pyridine rings is 1. The van der Waals surface area contributed by atoms with E-state index in [1.165, 1.54) is 6.07 Å². The third kappa shape index (κ3) is 3.99. The average Bonchev–Trinajstić information content (AvgIpc) is 3.07. The van der Waals surface area contributed by atoms with Gasteiger partial charge in [0.15, 0.2) is 5.76 Å². The van der Waals surface area contributed by atoms with Crippen molar-refractivity contribution in [3.63, 3.8) is 0 Å². The van der Waals surface area contributed by atoms with Crippen LogP contribution in [0.15, 0.2) is 42.3 Å². The summed E-state index contributed by atoms with van der Waals surface area (Å²) in [5.41, 5.74) is 1.61. The molecule has 3 heterocycles. The first-order valence-corrected chi connectivity index (χ1v) is 9.91.